The van der Waals surface area contributed by atoms with E-state index < -0.39 is 0 Å². The minimum Gasteiger partial charge on any atom is -0.388 e. The Labute approximate surface area is 87.1 Å². The molecule has 1 unspecified atom stereocenters. The number of aliphatic hydroxyl groups is 1. The molecule has 1 nitrogen and oxygen atoms in total. The molecule has 2 heteroatoms. The summed E-state index contributed by atoms with van der Waals surface area (Å²) in [6.45, 7) is 0. The lowest BCUT2D eigenvalue weighted by Crippen LogP contribution is -2.01. The maximum atomic E-state index is 9.93. The van der Waals surface area contributed by atoms with Crippen molar-refractivity contribution >= 4 is 10.9 Å². The largest absolute Gasteiger partial charge is 0.388 e. The minimum atomic E-state index is -0.324. The van der Waals surface area contributed by atoms with Crippen molar-refractivity contribution in [2.45, 2.75) is 6.10 Å². The van der Waals surface area contributed by atoms with E-state index in [-0.39, 0.29) is 17.0 Å². The lowest BCUT2D eigenvalue weighted by Gasteiger charge is -2.16. The van der Waals surface area contributed by atoms with E-state index in [1.807, 2.05) is 30.3 Å². The summed E-state index contributed by atoms with van der Waals surface area (Å²) in [6, 6.07) is 9.85. The molecule has 0 fully saturated rings. The van der Waals surface area contributed by atoms with Gasteiger partial charge in [0.1, 0.15) is 0 Å². The number of rotatable bonds is 3. The molecule has 0 bridgehead atoms. The van der Waals surface area contributed by atoms with Crippen LogP contribution in [0.15, 0.2) is 53.3 Å². The second-order valence-electron chi connectivity index (χ2n) is 3.31. The van der Waals surface area contributed by atoms with Crippen LogP contribution in [0.5, 0.6) is 0 Å². The van der Waals surface area contributed by atoms with Crippen LogP contribution in [-0.4, -0.2) is 10.9 Å². The van der Waals surface area contributed by atoms with E-state index in [0.29, 0.717) is 0 Å². The Bertz CT molecular complexity index is 331. The topological polar surface area (TPSA) is 20.2 Å². The molecule has 1 atom stereocenters. The molecule has 14 heavy (non-hydrogen) atoms. The molecule has 1 heterocycles. The van der Waals surface area contributed by atoms with E-state index >= 15 is 0 Å². The molecule has 1 aliphatic heterocycles. The van der Waals surface area contributed by atoms with E-state index in [1.165, 1.54) is 0 Å². The van der Waals surface area contributed by atoms with Crippen molar-refractivity contribution in [1.82, 2.24) is 0 Å². The molecule has 0 saturated heterocycles. The first-order chi connectivity index (χ1) is 6.86. The van der Waals surface area contributed by atoms with E-state index in [1.54, 1.807) is 0 Å². The molecule has 0 saturated carbocycles. The van der Waals surface area contributed by atoms with E-state index in [9.17, 15) is 5.11 Å². The quantitative estimate of drug-likeness (QED) is 0.729. The fraction of sp³-hybridized carbons (Fsp3) is 0.167. The normalized spacial score (nSPS) is 18.8. The highest BCUT2D eigenvalue weighted by atomic mass is 32.2. The van der Waals surface area contributed by atoms with Crippen molar-refractivity contribution in [3.8, 4) is 0 Å². The molecule has 1 aromatic carbocycles. The molecule has 1 aliphatic rings. The third-order valence-electron chi connectivity index (χ3n) is 2.23. The first kappa shape index (κ1) is 9.56. The van der Waals surface area contributed by atoms with Crippen molar-refractivity contribution in [3.63, 3.8) is 0 Å². The Balaban J connectivity index is 1.99. The molecule has 2 rings (SSSR count). The molecule has 74 valence electrons. The fourth-order valence-electron chi connectivity index (χ4n) is 1.47. The van der Waals surface area contributed by atoms with E-state index in [4.69, 9.17) is 0 Å². The Morgan fingerprint density at radius 3 is 2.36 bits per heavy atom. The average molecular weight is 206 g/mol. The van der Waals surface area contributed by atoms with Gasteiger partial charge in [-0.25, -0.2) is 10.9 Å². The molecular weight excluding hydrogens is 192 g/mol. The third kappa shape index (κ3) is 2.28. The smallest absolute Gasteiger partial charge is 0.0869 e. The highest BCUT2D eigenvalue weighted by Crippen LogP contribution is 2.36. The van der Waals surface area contributed by atoms with Gasteiger partial charge in [-0.3, -0.25) is 0 Å². The SMILES string of the molecule is OC(C[SH]1C=CC=C1)c1ccccc1. The van der Waals surface area contributed by atoms with Crippen LogP contribution in [0, 0.1) is 0 Å². The van der Waals surface area contributed by atoms with Gasteiger partial charge in [-0.05, 0) is 16.4 Å². The Morgan fingerprint density at radius 2 is 1.71 bits per heavy atom. The molecular formula is C12H14OS. The predicted molar refractivity (Wildman–Crippen MR) is 63.5 cm³/mol. The van der Waals surface area contributed by atoms with E-state index in [0.717, 1.165) is 11.3 Å². The van der Waals surface area contributed by atoms with Crippen LogP contribution in [0.3, 0.4) is 0 Å². The predicted octanol–water partition coefficient (Wildman–Crippen LogP) is 2.76. The molecule has 0 radical (unpaired) electrons. The number of benzene rings is 1. The van der Waals surface area contributed by atoms with Crippen LogP contribution in [0.1, 0.15) is 11.7 Å². The van der Waals surface area contributed by atoms with Gasteiger partial charge in [-0.1, -0.05) is 42.5 Å². The Kier molecular flexibility index (Phi) is 3.07. The average Bonchev–Trinajstić information content (AvgIpc) is 2.72. The number of thiol groups is 1. The van der Waals surface area contributed by atoms with Gasteiger partial charge in [0.05, 0.1) is 6.10 Å². The zero-order valence-corrected chi connectivity index (χ0v) is 8.77. The summed E-state index contributed by atoms with van der Waals surface area (Å²) in [4.78, 5) is 0. The molecule has 1 aromatic rings. The first-order valence-corrected chi connectivity index (χ1v) is 6.36. The molecule has 0 amide bonds. The van der Waals surface area contributed by atoms with Gasteiger partial charge in [0.25, 0.3) is 0 Å². The first-order valence-electron chi connectivity index (χ1n) is 4.70. The fourth-order valence-corrected chi connectivity index (χ4v) is 3.07. The summed E-state index contributed by atoms with van der Waals surface area (Å²) in [5, 5.41) is 14.3. The van der Waals surface area contributed by atoms with Gasteiger partial charge in [-0.15, -0.1) is 0 Å². The van der Waals surface area contributed by atoms with Crippen LogP contribution < -0.4 is 0 Å². The maximum absolute atomic E-state index is 9.93. The Hall–Kier alpha value is -0.990. The van der Waals surface area contributed by atoms with Crippen LogP contribution in [0.2, 0.25) is 0 Å². The summed E-state index contributed by atoms with van der Waals surface area (Å²) in [7, 11) is -0.219. The number of hydrogen-bond donors (Lipinski definition) is 2. The summed E-state index contributed by atoms with van der Waals surface area (Å²) < 4.78 is 0. The lowest BCUT2D eigenvalue weighted by molar-refractivity contribution is 0.204. The van der Waals surface area contributed by atoms with Crippen LogP contribution >= 0.6 is 10.9 Å². The van der Waals surface area contributed by atoms with Crippen molar-refractivity contribution in [2.75, 3.05) is 5.75 Å². The van der Waals surface area contributed by atoms with Crippen molar-refractivity contribution in [1.29, 1.82) is 0 Å². The number of aliphatic hydroxyl groups excluding tert-OH is 1. The zero-order chi connectivity index (χ0) is 9.80. The second-order valence-corrected chi connectivity index (χ2v) is 5.30. The van der Waals surface area contributed by atoms with Gasteiger partial charge in [0, 0.05) is 5.75 Å². The highest BCUT2D eigenvalue weighted by Gasteiger charge is 2.10. The number of hydrogen-bond acceptors (Lipinski definition) is 1. The molecule has 0 aliphatic carbocycles. The summed E-state index contributed by atoms with van der Waals surface area (Å²) in [5.41, 5.74) is 1.02. The van der Waals surface area contributed by atoms with Crippen molar-refractivity contribution in [2.24, 2.45) is 0 Å². The van der Waals surface area contributed by atoms with Crippen molar-refractivity contribution in [3.05, 3.63) is 58.9 Å². The van der Waals surface area contributed by atoms with Crippen LogP contribution in [0.25, 0.3) is 0 Å². The highest BCUT2D eigenvalue weighted by molar-refractivity contribution is 8.22. The second kappa shape index (κ2) is 4.49. The molecule has 0 aromatic heterocycles. The van der Waals surface area contributed by atoms with Gasteiger partial charge < -0.3 is 5.11 Å². The Morgan fingerprint density at radius 1 is 1.07 bits per heavy atom. The standard InChI is InChI=1S/C12H14OS/c13-12(10-14-8-4-5-9-14)11-6-2-1-3-7-11/h1-9,12-14H,10H2. The lowest BCUT2D eigenvalue weighted by atomic mass is 10.1. The molecule has 1 N–H and O–H groups in total. The van der Waals surface area contributed by atoms with Gasteiger partial charge >= 0.3 is 0 Å². The van der Waals surface area contributed by atoms with Gasteiger partial charge in [0.15, 0.2) is 0 Å². The van der Waals surface area contributed by atoms with Gasteiger partial charge in [-0.2, -0.15) is 0 Å². The van der Waals surface area contributed by atoms with E-state index in [2.05, 4.69) is 23.0 Å². The van der Waals surface area contributed by atoms with Crippen molar-refractivity contribution < 1.29 is 5.11 Å². The maximum Gasteiger partial charge on any atom is 0.0869 e. The van der Waals surface area contributed by atoms with Crippen LogP contribution in [-0.2, 0) is 0 Å². The zero-order valence-electron chi connectivity index (χ0n) is 7.88. The summed E-state index contributed by atoms with van der Waals surface area (Å²) >= 11 is 0. The summed E-state index contributed by atoms with van der Waals surface area (Å²) in [6.07, 6.45) is 3.79. The molecule has 0 spiro atoms. The van der Waals surface area contributed by atoms with Gasteiger partial charge in [0.2, 0.25) is 0 Å². The summed E-state index contributed by atoms with van der Waals surface area (Å²) in [5.74, 6) is 0.840. The van der Waals surface area contributed by atoms with Crippen LogP contribution in [0.4, 0.5) is 0 Å². The minimum absolute atomic E-state index is 0.219. The number of allylic oxidation sites excluding steroid dienone is 2. The third-order valence-corrected chi connectivity index (χ3v) is 4.11. The monoisotopic (exact) mass is 206 g/mol.